The minimum Gasteiger partial charge on any atom is -0.246 e. The summed E-state index contributed by atoms with van der Waals surface area (Å²) < 4.78 is 61.4. The summed E-state index contributed by atoms with van der Waals surface area (Å²) in [5.41, 5.74) is -1.99. The Morgan fingerprint density at radius 1 is 1.21 bits per heavy atom. The predicted octanol–water partition coefficient (Wildman–Crippen LogP) is 3.97. The quantitative estimate of drug-likeness (QED) is 0.641. The van der Waals surface area contributed by atoms with Crippen LogP contribution < -0.4 is 0 Å². The Balaban J connectivity index is 3.36. The number of rotatable bonds is 1. The summed E-state index contributed by atoms with van der Waals surface area (Å²) in [5.74, 6) is -1.08. The fourth-order valence-electron chi connectivity index (χ4n) is 0.939. The van der Waals surface area contributed by atoms with Gasteiger partial charge in [-0.05, 0) is 12.1 Å². The van der Waals surface area contributed by atoms with E-state index in [2.05, 4.69) is 0 Å². The van der Waals surface area contributed by atoms with Crippen LogP contribution in [-0.2, 0) is 12.9 Å². The van der Waals surface area contributed by atoms with Gasteiger partial charge >= 0.3 is 6.18 Å². The molecule has 6 heteroatoms. The number of alkyl halides is 4. The van der Waals surface area contributed by atoms with E-state index in [1.165, 1.54) is 0 Å². The predicted molar refractivity (Wildman–Crippen MR) is 41.2 cm³/mol. The third-order valence-electron chi connectivity index (χ3n) is 1.63. The molecule has 14 heavy (non-hydrogen) atoms. The maximum absolute atomic E-state index is 12.7. The number of benzene rings is 1. The molecule has 0 spiro atoms. The molecule has 0 aliphatic rings. The molecule has 0 aromatic heterocycles. The van der Waals surface area contributed by atoms with E-state index in [1.807, 2.05) is 0 Å². The fourth-order valence-corrected chi connectivity index (χ4v) is 1.25. The highest BCUT2D eigenvalue weighted by atomic mass is 35.5. The van der Waals surface area contributed by atoms with Gasteiger partial charge in [-0.2, -0.15) is 13.2 Å². The van der Waals surface area contributed by atoms with E-state index >= 15 is 0 Å². The second-order valence-electron chi connectivity index (χ2n) is 2.52. The van der Waals surface area contributed by atoms with E-state index in [-0.39, 0.29) is 0 Å². The van der Waals surface area contributed by atoms with E-state index in [0.717, 1.165) is 0 Å². The molecule has 1 aromatic carbocycles. The lowest BCUT2D eigenvalue weighted by Crippen LogP contribution is -2.07. The zero-order chi connectivity index (χ0) is 10.9. The molecule has 0 nitrogen and oxygen atoms in total. The zero-order valence-corrected chi connectivity index (χ0v) is 7.39. The first-order chi connectivity index (χ1) is 6.38. The molecular formula is C8H4ClF5. The Hall–Kier alpha value is -0.840. The molecule has 0 N–H and O–H groups in total. The summed E-state index contributed by atoms with van der Waals surface area (Å²) in [5, 5.41) is -0.917. The molecular weight excluding hydrogens is 227 g/mol. The van der Waals surface area contributed by atoms with Crippen molar-refractivity contribution >= 4 is 11.6 Å². The third-order valence-corrected chi connectivity index (χ3v) is 2.06. The maximum atomic E-state index is 12.7. The average Bonchev–Trinajstić information content (AvgIpc) is 2.02. The van der Waals surface area contributed by atoms with Crippen molar-refractivity contribution in [3.05, 3.63) is 34.1 Å². The Labute approximate surface area is 81.3 Å². The molecule has 1 rings (SSSR count). The van der Waals surface area contributed by atoms with E-state index in [0.29, 0.717) is 12.1 Å². The molecule has 0 amide bonds. The van der Waals surface area contributed by atoms with E-state index in [1.54, 1.807) is 0 Å². The molecule has 1 aromatic rings. The summed E-state index contributed by atoms with van der Waals surface area (Å²) in [4.78, 5) is 0. The van der Waals surface area contributed by atoms with Gasteiger partial charge in [-0.25, -0.2) is 8.78 Å². The Kier molecular flexibility index (Phi) is 2.99. The van der Waals surface area contributed by atoms with Gasteiger partial charge in [0.15, 0.2) is 0 Å². The third kappa shape index (κ3) is 1.97. The smallest absolute Gasteiger partial charge is 0.246 e. The monoisotopic (exact) mass is 230 g/mol. The lowest BCUT2D eigenvalue weighted by Gasteiger charge is -2.11. The molecule has 0 radical (unpaired) electrons. The summed E-state index contributed by atoms with van der Waals surface area (Å²) in [7, 11) is 0. The molecule has 0 saturated carbocycles. The Morgan fingerprint density at radius 2 is 1.79 bits per heavy atom. The average molecular weight is 231 g/mol. The SMILES string of the molecule is FCc1c(F)ccc(C(F)(F)F)c1Cl. The molecule has 78 valence electrons. The summed E-state index contributed by atoms with van der Waals surface area (Å²) in [6.45, 7) is -1.37. The van der Waals surface area contributed by atoms with Crippen LogP contribution in [0.1, 0.15) is 11.1 Å². The van der Waals surface area contributed by atoms with Gasteiger partial charge in [-0.3, -0.25) is 0 Å². The normalized spacial score (nSPS) is 11.9. The van der Waals surface area contributed by atoms with Crippen molar-refractivity contribution in [1.82, 2.24) is 0 Å². The summed E-state index contributed by atoms with van der Waals surface area (Å²) in [6.07, 6.45) is -4.70. The molecule has 0 aliphatic carbocycles. The molecule has 0 aliphatic heterocycles. The Morgan fingerprint density at radius 3 is 2.21 bits per heavy atom. The van der Waals surface area contributed by atoms with Crippen molar-refractivity contribution in [3.63, 3.8) is 0 Å². The number of hydrogen-bond acceptors (Lipinski definition) is 0. The highest BCUT2D eigenvalue weighted by Gasteiger charge is 2.34. The van der Waals surface area contributed by atoms with Gasteiger partial charge in [0.2, 0.25) is 0 Å². The van der Waals surface area contributed by atoms with Crippen molar-refractivity contribution in [3.8, 4) is 0 Å². The molecule has 0 fully saturated rings. The van der Waals surface area contributed by atoms with Gasteiger partial charge in [-0.1, -0.05) is 11.6 Å². The van der Waals surface area contributed by atoms with E-state index < -0.39 is 34.8 Å². The first-order valence-electron chi connectivity index (χ1n) is 3.48. The fraction of sp³-hybridized carbons (Fsp3) is 0.250. The van der Waals surface area contributed by atoms with Crippen LogP contribution in [0, 0.1) is 5.82 Å². The second kappa shape index (κ2) is 3.73. The topological polar surface area (TPSA) is 0 Å². The van der Waals surface area contributed by atoms with Gasteiger partial charge < -0.3 is 0 Å². The van der Waals surface area contributed by atoms with Crippen molar-refractivity contribution in [2.45, 2.75) is 12.9 Å². The first-order valence-corrected chi connectivity index (χ1v) is 3.85. The van der Waals surface area contributed by atoms with Gasteiger partial charge in [-0.15, -0.1) is 0 Å². The first kappa shape index (κ1) is 11.2. The minimum atomic E-state index is -4.70. The molecule has 0 atom stereocenters. The maximum Gasteiger partial charge on any atom is 0.417 e. The van der Waals surface area contributed by atoms with E-state index in [4.69, 9.17) is 11.6 Å². The zero-order valence-electron chi connectivity index (χ0n) is 6.63. The molecule has 0 saturated heterocycles. The van der Waals surface area contributed by atoms with Gasteiger partial charge in [0.1, 0.15) is 12.5 Å². The standard InChI is InChI=1S/C8H4ClF5/c9-7-4(3-10)6(11)2-1-5(7)8(12,13)14/h1-2H,3H2. The lowest BCUT2D eigenvalue weighted by molar-refractivity contribution is -0.137. The minimum absolute atomic E-state index is 0.483. The largest absolute Gasteiger partial charge is 0.417 e. The highest BCUT2D eigenvalue weighted by molar-refractivity contribution is 6.32. The van der Waals surface area contributed by atoms with Gasteiger partial charge in [0.05, 0.1) is 10.6 Å². The van der Waals surface area contributed by atoms with E-state index in [9.17, 15) is 22.0 Å². The van der Waals surface area contributed by atoms with Crippen LogP contribution in [0.15, 0.2) is 12.1 Å². The summed E-state index contributed by atoms with van der Waals surface area (Å²) in [6, 6.07) is 1.03. The second-order valence-corrected chi connectivity index (χ2v) is 2.90. The van der Waals surface area contributed by atoms with Crippen molar-refractivity contribution < 1.29 is 22.0 Å². The number of halogens is 6. The lowest BCUT2D eigenvalue weighted by atomic mass is 10.1. The molecule has 0 bridgehead atoms. The van der Waals surface area contributed by atoms with Crippen molar-refractivity contribution in [1.29, 1.82) is 0 Å². The summed E-state index contributed by atoms with van der Waals surface area (Å²) >= 11 is 5.20. The van der Waals surface area contributed by atoms with Crippen LogP contribution in [0.3, 0.4) is 0 Å². The van der Waals surface area contributed by atoms with Crippen LogP contribution >= 0.6 is 11.6 Å². The van der Waals surface area contributed by atoms with Crippen molar-refractivity contribution in [2.75, 3.05) is 0 Å². The van der Waals surface area contributed by atoms with Crippen molar-refractivity contribution in [2.24, 2.45) is 0 Å². The van der Waals surface area contributed by atoms with Crippen LogP contribution in [0.2, 0.25) is 5.02 Å². The number of hydrogen-bond donors (Lipinski definition) is 0. The molecule has 0 heterocycles. The molecule has 0 unspecified atom stereocenters. The van der Waals surface area contributed by atoms with Crippen LogP contribution in [-0.4, -0.2) is 0 Å². The van der Waals surface area contributed by atoms with Crippen LogP contribution in [0.5, 0.6) is 0 Å². The Bertz CT molecular complexity index is 344. The highest BCUT2D eigenvalue weighted by Crippen LogP contribution is 2.37. The van der Waals surface area contributed by atoms with Crippen LogP contribution in [0.25, 0.3) is 0 Å². The van der Waals surface area contributed by atoms with Gasteiger partial charge in [0, 0.05) is 5.56 Å². The van der Waals surface area contributed by atoms with Crippen LogP contribution in [0.4, 0.5) is 22.0 Å². The van der Waals surface area contributed by atoms with Gasteiger partial charge in [0.25, 0.3) is 0 Å².